The molecule has 0 radical (unpaired) electrons. The molecule has 3 heteroatoms. The van der Waals surface area contributed by atoms with E-state index >= 15 is 0 Å². The number of rotatable bonds is 6. The van der Waals surface area contributed by atoms with Gasteiger partial charge in [-0.2, -0.15) is 0 Å². The van der Waals surface area contributed by atoms with Gasteiger partial charge in [-0.25, -0.2) is 0 Å². The first kappa shape index (κ1) is 41.3. The first-order valence-electron chi connectivity index (χ1n) is 20.7. The molecule has 4 aromatic carbocycles. The molecule has 0 saturated heterocycles. The Labute approximate surface area is 347 Å². The maximum absolute atomic E-state index is 2.84. The third-order valence-corrected chi connectivity index (χ3v) is 20.7. The molecular formula is C51H60Cl2Zr. The van der Waals surface area contributed by atoms with Gasteiger partial charge in [0, 0.05) is 0 Å². The van der Waals surface area contributed by atoms with Gasteiger partial charge in [-0.05, 0) is 0 Å². The van der Waals surface area contributed by atoms with Crippen molar-refractivity contribution in [3.8, 4) is 11.1 Å². The molecule has 8 rings (SSSR count). The minimum atomic E-state index is -2.84. The quantitative estimate of drug-likeness (QED) is 0.169. The molecule has 0 aliphatic heterocycles. The van der Waals surface area contributed by atoms with E-state index in [1.165, 1.54) is 97.6 Å². The Bertz CT molecular complexity index is 1970. The molecule has 0 atom stereocenters. The number of hydrogen-bond acceptors (Lipinski definition) is 0. The summed E-state index contributed by atoms with van der Waals surface area (Å²) in [6.07, 6.45) is 23.2. The summed E-state index contributed by atoms with van der Waals surface area (Å²) in [6.45, 7) is 14.4. The number of allylic oxidation sites excluding steroid dienone is 4. The summed E-state index contributed by atoms with van der Waals surface area (Å²) in [6, 6.07) is 32.7. The monoisotopic (exact) mass is 832 g/mol. The van der Waals surface area contributed by atoms with Gasteiger partial charge in [0.1, 0.15) is 0 Å². The van der Waals surface area contributed by atoms with Gasteiger partial charge in [0.2, 0.25) is 0 Å². The normalized spacial score (nSPS) is 17.1. The summed E-state index contributed by atoms with van der Waals surface area (Å²) < 4.78 is 5.14. The van der Waals surface area contributed by atoms with Crippen molar-refractivity contribution in [1.29, 1.82) is 0 Å². The van der Waals surface area contributed by atoms with Crippen LogP contribution in [0.2, 0.25) is 0 Å². The van der Waals surface area contributed by atoms with Crippen LogP contribution in [0.15, 0.2) is 100 Å². The van der Waals surface area contributed by atoms with Crippen LogP contribution in [-0.4, -0.2) is 3.21 Å². The summed E-state index contributed by atoms with van der Waals surface area (Å²) in [5.41, 5.74) is 15.4. The predicted molar refractivity (Wildman–Crippen MR) is 221 cm³/mol. The minimum Gasteiger partial charge on any atom is -1.00 e. The molecule has 4 aliphatic carbocycles. The van der Waals surface area contributed by atoms with Crippen LogP contribution in [0.25, 0.3) is 11.1 Å². The molecule has 4 aromatic rings. The van der Waals surface area contributed by atoms with E-state index < -0.39 is 21.3 Å². The molecule has 2 fully saturated rings. The molecular weight excluding hydrogens is 775 g/mol. The van der Waals surface area contributed by atoms with Crippen LogP contribution in [0.1, 0.15) is 169 Å². The van der Waals surface area contributed by atoms with Gasteiger partial charge in [0.05, 0.1) is 0 Å². The van der Waals surface area contributed by atoms with Gasteiger partial charge in [0.25, 0.3) is 0 Å². The number of halogens is 2. The van der Waals surface area contributed by atoms with Gasteiger partial charge >= 0.3 is 325 Å². The van der Waals surface area contributed by atoms with Gasteiger partial charge in [-0.1, -0.05) is 0 Å². The van der Waals surface area contributed by atoms with Crippen molar-refractivity contribution in [2.75, 3.05) is 0 Å². The van der Waals surface area contributed by atoms with Crippen LogP contribution in [0.5, 0.6) is 0 Å². The third-order valence-electron chi connectivity index (χ3n) is 12.9. The zero-order valence-corrected chi connectivity index (χ0v) is 37.6. The van der Waals surface area contributed by atoms with Crippen LogP contribution in [0, 0.1) is 0 Å². The molecule has 0 heterocycles. The largest absolute Gasteiger partial charge is 1.00 e. The smallest absolute Gasteiger partial charge is 1.00 e. The Morgan fingerprint density at radius 3 is 1.61 bits per heavy atom. The molecule has 0 nitrogen and oxygen atoms in total. The average Bonchev–Trinajstić information content (AvgIpc) is 3.82. The van der Waals surface area contributed by atoms with Crippen molar-refractivity contribution in [3.63, 3.8) is 0 Å². The molecule has 2 saturated carbocycles. The Morgan fingerprint density at radius 2 is 1.13 bits per heavy atom. The molecule has 54 heavy (non-hydrogen) atoms. The molecule has 0 aromatic heterocycles. The van der Waals surface area contributed by atoms with E-state index in [0.29, 0.717) is 0 Å². The molecule has 0 spiro atoms. The van der Waals surface area contributed by atoms with Crippen LogP contribution < -0.4 is 28.1 Å². The summed E-state index contributed by atoms with van der Waals surface area (Å²) in [5.74, 6) is 1.45. The first-order valence-corrected chi connectivity index (χ1v) is 24.4. The SMILES string of the molecule is CC(C)(C)c1ccc2c(c1)Cc1c-2ccc(C(C)(C)C)[c]1[Zr+2]([C]1=CC=CC1)=[C](c1ccc(C2CCCCC2)cc1)c1ccc(C2CCCCC2)cc1.[Cl-].[Cl-]. The molecule has 282 valence electrons. The molecule has 4 aliphatic rings. The fourth-order valence-electron chi connectivity index (χ4n) is 9.90. The molecule has 0 amide bonds. The Morgan fingerprint density at radius 1 is 0.593 bits per heavy atom. The molecule has 0 unspecified atom stereocenters. The second-order valence-corrected chi connectivity index (χ2v) is 24.4. The van der Waals surface area contributed by atoms with Gasteiger partial charge in [0.15, 0.2) is 0 Å². The number of hydrogen-bond donors (Lipinski definition) is 0. The zero-order valence-electron chi connectivity index (χ0n) is 33.6. The maximum Gasteiger partial charge on any atom is -1.00 e. The topological polar surface area (TPSA) is 0 Å². The van der Waals surface area contributed by atoms with Gasteiger partial charge < -0.3 is 24.8 Å². The maximum atomic E-state index is 2.54. The minimum absolute atomic E-state index is 0. The van der Waals surface area contributed by atoms with Crippen molar-refractivity contribution in [2.24, 2.45) is 0 Å². The number of benzene rings is 4. The van der Waals surface area contributed by atoms with Crippen LogP contribution in [0.4, 0.5) is 0 Å². The van der Waals surface area contributed by atoms with Crippen LogP contribution in [0.3, 0.4) is 0 Å². The van der Waals surface area contributed by atoms with Gasteiger partial charge in [-0.15, -0.1) is 0 Å². The van der Waals surface area contributed by atoms with Gasteiger partial charge in [-0.3, -0.25) is 0 Å². The van der Waals surface area contributed by atoms with E-state index in [1.807, 2.05) is 0 Å². The summed E-state index contributed by atoms with van der Waals surface area (Å²) >= 11 is -2.84. The van der Waals surface area contributed by atoms with Crippen molar-refractivity contribution >= 4 is 6.48 Å². The third kappa shape index (κ3) is 8.36. The van der Waals surface area contributed by atoms with Crippen LogP contribution >= 0.6 is 0 Å². The Kier molecular flexibility index (Phi) is 13.0. The summed E-state index contributed by atoms with van der Waals surface area (Å²) in [7, 11) is 0. The van der Waals surface area contributed by atoms with Crippen molar-refractivity contribution < 1.29 is 46.1 Å². The van der Waals surface area contributed by atoms with E-state index in [2.05, 4.69) is 139 Å². The Balaban J connectivity index is 0.00000249. The zero-order chi connectivity index (χ0) is 36.0. The second-order valence-electron chi connectivity index (χ2n) is 18.6. The van der Waals surface area contributed by atoms with E-state index in [0.717, 1.165) is 24.7 Å². The first-order chi connectivity index (χ1) is 25.1. The fourth-order valence-corrected chi connectivity index (χ4v) is 18.9. The van der Waals surface area contributed by atoms with Crippen molar-refractivity contribution in [2.45, 2.75) is 141 Å². The van der Waals surface area contributed by atoms with Crippen LogP contribution in [-0.2, 0) is 38.5 Å². The Hall–Kier alpha value is -2.31. The van der Waals surface area contributed by atoms with Crippen molar-refractivity contribution in [3.05, 3.63) is 145 Å². The fraction of sp³-hybridized carbons (Fsp3) is 0.431. The van der Waals surface area contributed by atoms with E-state index in [4.69, 9.17) is 0 Å². The second kappa shape index (κ2) is 17.0. The standard InChI is InChI=1S/C25H30.C21H25.C5H5.2ClH.Zr/c1-3-7-22(8-4-1)24-15-11-20(12-16-24)19-21-13-17-25(18-14-21)23-9-5-2-6-10-23;1-20(2,3)16-7-9-18-14(12-16)11-15-13-17(21(4,5)6)8-10-19(15)18;1-2-4-5-3-1;;;/h11-18,22-23H,1-10H2;7-10,12H,11H2,1-6H3;1-3H,4H2;2*1H;/q;;;;;+2/p-2. The van der Waals surface area contributed by atoms with E-state index in [-0.39, 0.29) is 35.6 Å². The summed E-state index contributed by atoms with van der Waals surface area (Å²) in [5, 5.41) is 0. The molecule has 0 bridgehead atoms. The van der Waals surface area contributed by atoms with E-state index in [9.17, 15) is 0 Å². The summed E-state index contributed by atoms with van der Waals surface area (Å²) in [4.78, 5) is 0. The predicted octanol–water partition coefficient (Wildman–Crippen LogP) is 7.31. The van der Waals surface area contributed by atoms with Crippen molar-refractivity contribution in [1.82, 2.24) is 0 Å². The molecule has 0 N–H and O–H groups in total. The van der Waals surface area contributed by atoms with E-state index in [1.54, 1.807) is 32.0 Å². The number of fused-ring (bicyclic) bond motifs is 3. The average molecular weight is 835 g/mol.